The Bertz CT molecular complexity index is 1200. The molecule has 0 spiro atoms. The van der Waals surface area contributed by atoms with E-state index < -0.39 is 17.5 Å². The highest BCUT2D eigenvalue weighted by Crippen LogP contribution is 2.32. The maximum atomic E-state index is 13.9. The maximum absolute atomic E-state index is 13.9. The van der Waals surface area contributed by atoms with Crippen LogP contribution in [0.15, 0.2) is 48.5 Å². The zero-order valence-corrected chi connectivity index (χ0v) is 17.8. The van der Waals surface area contributed by atoms with Crippen LogP contribution in [0, 0.1) is 17.6 Å². The molecule has 8 nitrogen and oxygen atoms in total. The molecule has 0 saturated heterocycles. The van der Waals surface area contributed by atoms with E-state index in [1.807, 2.05) is 0 Å². The lowest BCUT2D eigenvalue weighted by Gasteiger charge is -2.17. The second-order valence-electron chi connectivity index (χ2n) is 7.77. The second-order valence-corrected chi connectivity index (χ2v) is 7.77. The average Bonchev–Trinajstić information content (AvgIpc) is 3.65. The Morgan fingerprint density at radius 1 is 1.12 bits per heavy atom. The van der Waals surface area contributed by atoms with Gasteiger partial charge in [0, 0.05) is 42.5 Å². The highest BCUT2D eigenvalue weighted by molar-refractivity contribution is 5.97. The molecule has 1 heterocycles. The summed E-state index contributed by atoms with van der Waals surface area (Å²) in [6.45, 7) is -0.0922. The van der Waals surface area contributed by atoms with Crippen LogP contribution in [0.5, 0.6) is 0 Å². The molecule has 4 N–H and O–H groups in total. The Labute approximate surface area is 188 Å². The van der Waals surface area contributed by atoms with Crippen molar-refractivity contribution in [3.63, 3.8) is 0 Å². The number of halogens is 2. The summed E-state index contributed by atoms with van der Waals surface area (Å²) in [5, 5.41) is 13.7. The van der Waals surface area contributed by atoms with Crippen molar-refractivity contribution in [1.29, 1.82) is 0 Å². The predicted octanol–water partition coefficient (Wildman–Crippen LogP) is 3.58. The quantitative estimate of drug-likeness (QED) is 0.482. The second kappa shape index (κ2) is 9.19. The van der Waals surface area contributed by atoms with Gasteiger partial charge in [-0.2, -0.15) is 0 Å². The van der Waals surface area contributed by atoms with E-state index in [2.05, 4.69) is 20.8 Å². The molecule has 170 valence electrons. The van der Waals surface area contributed by atoms with Crippen LogP contribution in [0.25, 0.3) is 0 Å². The first-order valence-corrected chi connectivity index (χ1v) is 10.3. The Kier molecular flexibility index (Phi) is 6.16. The number of benzene rings is 2. The van der Waals surface area contributed by atoms with E-state index in [1.165, 1.54) is 18.2 Å². The minimum atomic E-state index is -0.976. The molecular formula is C23H22F2N6O2. The van der Waals surface area contributed by atoms with Gasteiger partial charge in [-0.05, 0) is 43.2 Å². The molecular weight excluding hydrogens is 430 g/mol. The fourth-order valence-corrected chi connectivity index (χ4v) is 3.29. The van der Waals surface area contributed by atoms with Crippen LogP contribution in [-0.2, 0) is 11.3 Å². The van der Waals surface area contributed by atoms with Gasteiger partial charge in [-0.15, -0.1) is 10.2 Å². The topological polar surface area (TPSA) is 113 Å². The normalized spacial score (nSPS) is 12.8. The Balaban J connectivity index is 1.49. The number of rotatable bonds is 8. The number of nitrogens with one attached hydrogen (secondary N) is 2. The largest absolute Gasteiger partial charge is 0.379 e. The van der Waals surface area contributed by atoms with Gasteiger partial charge >= 0.3 is 0 Å². The number of carbonyl (C=O) groups excluding carboxylic acids is 2. The van der Waals surface area contributed by atoms with Crippen molar-refractivity contribution < 1.29 is 18.4 Å². The van der Waals surface area contributed by atoms with Crippen LogP contribution in [0.3, 0.4) is 0 Å². The minimum Gasteiger partial charge on any atom is -0.379 e. The van der Waals surface area contributed by atoms with Crippen LogP contribution >= 0.6 is 0 Å². The van der Waals surface area contributed by atoms with Crippen molar-refractivity contribution in [2.45, 2.75) is 19.4 Å². The monoisotopic (exact) mass is 452 g/mol. The number of anilines is 4. The van der Waals surface area contributed by atoms with E-state index in [1.54, 1.807) is 36.2 Å². The van der Waals surface area contributed by atoms with Gasteiger partial charge in [-0.1, -0.05) is 12.1 Å². The molecule has 3 aromatic rings. The predicted molar refractivity (Wildman–Crippen MR) is 120 cm³/mol. The SMILES string of the molecule is CN(C(=O)C1CC1)c1ccc(Nc2cc(NCc3cccc(F)c3F)c(C(N)=O)nn2)cc1. The zero-order valence-electron chi connectivity index (χ0n) is 17.8. The number of aromatic nitrogens is 2. The van der Waals surface area contributed by atoms with Gasteiger partial charge in [0.15, 0.2) is 23.1 Å². The summed E-state index contributed by atoms with van der Waals surface area (Å²) in [5.41, 5.74) is 6.98. The lowest BCUT2D eigenvalue weighted by atomic mass is 10.2. The Morgan fingerprint density at radius 2 is 1.85 bits per heavy atom. The molecule has 1 aliphatic carbocycles. The molecule has 1 aromatic heterocycles. The third-order valence-corrected chi connectivity index (χ3v) is 5.31. The number of hydrogen-bond acceptors (Lipinski definition) is 6. The first-order valence-electron chi connectivity index (χ1n) is 10.3. The van der Waals surface area contributed by atoms with Crippen LogP contribution in [0.2, 0.25) is 0 Å². The number of amides is 2. The molecule has 33 heavy (non-hydrogen) atoms. The number of hydrogen-bond donors (Lipinski definition) is 3. The number of primary amides is 1. The van der Waals surface area contributed by atoms with Crippen molar-refractivity contribution >= 4 is 34.7 Å². The fraction of sp³-hybridized carbons (Fsp3) is 0.217. The smallest absolute Gasteiger partial charge is 0.271 e. The summed E-state index contributed by atoms with van der Waals surface area (Å²) in [6.07, 6.45) is 1.87. The number of carbonyl (C=O) groups is 2. The molecule has 1 saturated carbocycles. The molecule has 0 unspecified atom stereocenters. The molecule has 0 radical (unpaired) electrons. The van der Waals surface area contributed by atoms with Gasteiger partial charge < -0.3 is 21.3 Å². The van der Waals surface area contributed by atoms with Crippen LogP contribution in [0.1, 0.15) is 28.9 Å². The lowest BCUT2D eigenvalue weighted by molar-refractivity contribution is -0.119. The van der Waals surface area contributed by atoms with Gasteiger partial charge in [0.05, 0.1) is 5.69 Å². The van der Waals surface area contributed by atoms with Crippen molar-refractivity contribution in [3.05, 3.63) is 71.4 Å². The standard InChI is InChI=1S/C23H22F2N6O2/c1-31(23(33)13-5-6-13)16-9-7-15(8-10-16)28-19-11-18(21(22(26)32)30-29-19)27-12-14-3-2-4-17(24)20(14)25/h2-4,7-11,13H,5-6,12H2,1H3,(H2,26,32)(H2,27,28,29). The van der Waals surface area contributed by atoms with Crippen molar-refractivity contribution in [1.82, 2.24) is 10.2 Å². The molecule has 0 bridgehead atoms. The van der Waals surface area contributed by atoms with Gasteiger partial charge in [0.1, 0.15) is 0 Å². The van der Waals surface area contributed by atoms with Crippen molar-refractivity contribution in [3.8, 4) is 0 Å². The summed E-state index contributed by atoms with van der Waals surface area (Å²) in [4.78, 5) is 25.6. The van der Waals surface area contributed by atoms with Crippen molar-refractivity contribution in [2.24, 2.45) is 11.7 Å². The van der Waals surface area contributed by atoms with E-state index >= 15 is 0 Å². The molecule has 1 fully saturated rings. The average molecular weight is 452 g/mol. The number of nitrogens with two attached hydrogens (primary N) is 1. The molecule has 1 aliphatic rings. The van der Waals surface area contributed by atoms with Crippen LogP contribution in [-0.4, -0.2) is 29.1 Å². The molecule has 4 rings (SSSR count). The van der Waals surface area contributed by atoms with E-state index in [9.17, 15) is 18.4 Å². The molecule has 2 amide bonds. The summed E-state index contributed by atoms with van der Waals surface area (Å²) >= 11 is 0. The first kappa shape index (κ1) is 22.1. The first-order chi connectivity index (χ1) is 15.8. The fourth-order valence-electron chi connectivity index (χ4n) is 3.29. The zero-order chi connectivity index (χ0) is 23.5. The summed E-state index contributed by atoms with van der Waals surface area (Å²) < 4.78 is 27.4. The third kappa shape index (κ3) is 5.05. The molecule has 0 aliphatic heterocycles. The van der Waals surface area contributed by atoms with Gasteiger partial charge in [-0.25, -0.2) is 8.78 Å². The van der Waals surface area contributed by atoms with Crippen LogP contribution < -0.4 is 21.3 Å². The Morgan fingerprint density at radius 3 is 2.52 bits per heavy atom. The summed E-state index contributed by atoms with van der Waals surface area (Å²) in [7, 11) is 1.75. The molecule has 10 heteroatoms. The van der Waals surface area contributed by atoms with Crippen molar-refractivity contribution in [2.75, 3.05) is 22.6 Å². The summed E-state index contributed by atoms with van der Waals surface area (Å²) in [5.74, 6) is -2.22. The van der Waals surface area contributed by atoms with Gasteiger partial charge in [0.25, 0.3) is 5.91 Å². The van der Waals surface area contributed by atoms with E-state index in [-0.39, 0.29) is 35.3 Å². The maximum Gasteiger partial charge on any atom is 0.271 e. The van der Waals surface area contributed by atoms with E-state index in [0.29, 0.717) is 11.5 Å². The minimum absolute atomic E-state index is 0.0807. The molecule has 0 atom stereocenters. The third-order valence-electron chi connectivity index (χ3n) is 5.31. The molecule has 2 aromatic carbocycles. The highest BCUT2D eigenvalue weighted by Gasteiger charge is 2.32. The van der Waals surface area contributed by atoms with Gasteiger partial charge in [0.2, 0.25) is 5.91 Å². The van der Waals surface area contributed by atoms with Gasteiger partial charge in [-0.3, -0.25) is 9.59 Å². The van der Waals surface area contributed by atoms with E-state index in [0.717, 1.165) is 24.6 Å². The lowest BCUT2D eigenvalue weighted by Crippen LogP contribution is -2.27. The van der Waals surface area contributed by atoms with E-state index in [4.69, 9.17) is 5.73 Å². The van der Waals surface area contributed by atoms with Crippen LogP contribution in [0.4, 0.5) is 31.7 Å². The Hall–Kier alpha value is -4.08. The summed E-state index contributed by atoms with van der Waals surface area (Å²) in [6, 6.07) is 12.5. The number of nitrogens with zero attached hydrogens (tertiary/aromatic N) is 3. The highest BCUT2D eigenvalue weighted by atomic mass is 19.2.